The zero-order valence-corrected chi connectivity index (χ0v) is 16.0. The lowest BCUT2D eigenvalue weighted by atomic mass is 10.2. The number of ether oxygens (including phenoxy) is 1. The number of amides is 1. The van der Waals surface area contributed by atoms with E-state index in [9.17, 15) is 13.2 Å². The van der Waals surface area contributed by atoms with Gasteiger partial charge in [0.1, 0.15) is 5.60 Å². The molecule has 3 N–H and O–H groups in total. The summed E-state index contributed by atoms with van der Waals surface area (Å²) in [7, 11) is -3.39. The van der Waals surface area contributed by atoms with Crippen molar-refractivity contribution >= 4 is 39.1 Å². The van der Waals surface area contributed by atoms with Crippen LogP contribution in [-0.4, -0.2) is 39.0 Å². The average Bonchev–Trinajstić information content (AvgIpc) is 2.36. The van der Waals surface area contributed by atoms with Crippen molar-refractivity contribution in [3.05, 3.63) is 23.2 Å². The highest BCUT2D eigenvalue weighted by atomic mass is 35.5. The van der Waals surface area contributed by atoms with Gasteiger partial charge in [0.15, 0.2) is 0 Å². The molecule has 0 spiro atoms. The second-order valence-electron chi connectivity index (χ2n) is 6.50. The van der Waals surface area contributed by atoms with Crippen molar-refractivity contribution in [1.29, 1.82) is 0 Å². The van der Waals surface area contributed by atoms with Crippen LogP contribution in [0.4, 0.5) is 16.2 Å². The minimum atomic E-state index is -3.39. The number of hydrogen-bond donors (Lipinski definition) is 3. The number of anilines is 2. The van der Waals surface area contributed by atoms with Crippen molar-refractivity contribution in [2.24, 2.45) is 0 Å². The minimum Gasteiger partial charge on any atom is -0.444 e. The van der Waals surface area contributed by atoms with Gasteiger partial charge in [-0.15, -0.1) is 0 Å². The molecule has 0 radical (unpaired) electrons. The number of halogens is 1. The van der Waals surface area contributed by atoms with Crippen LogP contribution in [0.15, 0.2) is 18.2 Å². The molecular weight excluding hydrogens is 354 g/mol. The summed E-state index contributed by atoms with van der Waals surface area (Å²) in [4.78, 5) is 11.6. The maximum atomic E-state index is 11.6. The van der Waals surface area contributed by atoms with Crippen LogP contribution in [-0.2, 0) is 14.8 Å². The van der Waals surface area contributed by atoms with E-state index < -0.39 is 21.7 Å². The van der Waals surface area contributed by atoms with Crippen LogP contribution in [0, 0.1) is 0 Å². The van der Waals surface area contributed by atoms with E-state index in [0.717, 1.165) is 6.26 Å². The van der Waals surface area contributed by atoms with Gasteiger partial charge >= 0.3 is 6.09 Å². The second-order valence-corrected chi connectivity index (χ2v) is 8.65. The molecule has 0 saturated heterocycles. The molecular formula is C15H24ClN3O4S. The Balaban J connectivity index is 2.57. The Hall–Kier alpha value is -1.67. The zero-order chi connectivity index (χ0) is 18.5. The van der Waals surface area contributed by atoms with Crippen LogP contribution in [0.5, 0.6) is 0 Å². The maximum absolute atomic E-state index is 11.6. The Morgan fingerprint density at radius 3 is 2.46 bits per heavy atom. The molecule has 0 bridgehead atoms. The third-order valence-electron chi connectivity index (χ3n) is 2.63. The summed E-state index contributed by atoms with van der Waals surface area (Å²) < 4.78 is 29.9. The monoisotopic (exact) mass is 377 g/mol. The highest BCUT2D eigenvalue weighted by Gasteiger charge is 2.16. The lowest BCUT2D eigenvalue weighted by Crippen LogP contribution is -2.38. The van der Waals surface area contributed by atoms with E-state index >= 15 is 0 Å². The summed E-state index contributed by atoms with van der Waals surface area (Å²) >= 11 is 6.06. The largest absolute Gasteiger partial charge is 0.444 e. The van der Waals surface area contributed by atoms with Crippen molar-refractivity contribution in [2.45, 2.75) is 39.3 Å². The van der Waals surface area contributed by atoms with E-state index in [1.54, 1.807) is 39.0 Å². The van der Waals surface area contributed by atoms with E-state index in [2.05, 4.69) is 15.4 Å². The third-order valence-corrected chi connectivity index (χ3v) is 3.53. The standard InChI is InChI=1S/C15H24ClN3O4S/c1-10(9-17-14(20)23-15(2,3)4)18-11-6-7-13(12(16)8-11)19-24(5,21)22/h6-8,10,18-19H,9H2,1-5H3,(H,17,20). The molecule has 1 aromatic carbocycles. The first-order chi connectivity index (χ1) is 10.9. The fraction of sp³-hybridized carbons (Fsp3) is 0.533. The van der Waals surface area contributed by atoms with Gasteiger partial charge < -0.3 is 15.4 Å². The van der Waals surface area contributed by atoms with Crippen LogP contribution in [0.2, 0.25) is 5.02 Å². The van der Waals surface area contributed by atoms with Crippen molar-refractivity contribution in [1.82, 2.24) is 5.32 Å². The van der Waals surface area contributed by atoms with Gasteiger partial charge in [0, 0.05) is 18.3 Å². The topological polar surface area (TPSA) is 96.5 Å². The van der Waals surface area contributed by atoms with Gasteiger partial charge in [0.05, 0.1) is 17.0 Å². The zero-order valence-electron chi connectivity index (χ0n) is 14.4. The summed E-state index contributed by atoms with van der Waals surface area (Å²) in [6, 6.07) is 4.80. The Labute approximate surface area is 148 Å². The number of carbonyl (C=O) groups excluding carboxylic acids is 1. The Kier molecular flexibility index (Phi) is 6.74. The Morgan fingerprint density at radius 1 is 1.33 bits per heavy atom. The van der Waals surface area contributed by atoms with Gasteiger partial charge in [-0.25, -0.2) is 13.2 Å². The predicted octanol–water partition coefficient (Wildman–Crippen LogP) is 3.04. The number of sulfonamides is 1. The van der Waals surface area contributed by atoms with Crippen molar-refractivity contribution in [3.63, 3.8) is 0 Å². The lowest BCUT2D eigenvalue weighted by molar-refractivity contribution is 0.0526. The molecule has 0 saturated carbocycles. The quantitative estimate of drug-likeness (QED) is 0.708. The molecule has 0 aliphatic heterocycles. The summed E-state index contributed by atoms with van der Waals surface area (Å²) in [5.74, 6) is 0. The highest BCUT2D eigenvalue weighted by molar-refractivity contribution is 7.92. The van der Waals surface area contributed by atoms with Crippen LogP contribution in [0.25, 0.3) is 0 Å². The fourth-order valence-corrected chi connectivity index (χ4v) is 2.63. The van der Waals surface area contributed by atoms with Gasteiger partial charge in [-0.05, 0) is 45.9 Å². The molecule has 136 valence electrons. The number of benzene rings is 1. The van der Waals surface area contributed by atoms with Gasteiger partial charge in [0.2, 0.25) is 10.0 Å². The van der Waals surface area contributed by atoms with Gasteiger partial charge in [-0.1, -0.05) is 11.6 Å². The van der Waals surface area contributed by atoms with Crippen molar-refractivity contribution in [3.8, 4) is 0 Å². The van der Waals surface area contributed by atoms with Crippen LogP contribution in [0.3, 0.4) is 0 Å². The van der Waals surface area contributed by atoms with E-state index in [1.165, 1.54) is 0 Å². The van der Waals surface area contributed by atoms with E-state index in [-0.39, 0.29) is 11.1 Å². The second kappa shape index (κ2) is 7.94. The number of nitrogens with one attached hydrogen (secondary N) is 3. The number of carbonyl (C=O) groups is 1. The maximum Gasteiger partial charge on any atom is 0.407 e. The molecule has 0 heterocycles. The first-order valence-corrected chi connectivity index (χ1v) is 9.63. The number of rotatable bonds is 6. The number of hydrogen-bond acceptors (Lipinski definition) is 5. The molecule has 9 heteroatoms. The van der Waals surface area contributed by atoms with E-state index in [1.807, 2.05) is 6.92 Å². The number of alkyl carbamates (subject to hydrolysis) is 1. The van der Waals surface area contributed by atoms with Crippen molar-refractivity contribution in [2.75, 3.05) is 22.8 Å². The molecule has 1 aromatic rings. The third kappa shape index (κ3) is 8.26. The summed E-state index contributed by atoms with van der Waals surface area (Å²) in [5, 5.41) is 6.10. The SMILES string of the molecule is CC(CNC(=O)OC(C)(C)C)Nc1ccc(NS(C)(=O)=O)c(Cl)c1. The van der Waals surface area contributed by atoms with Crippen LogP contribution >= 0.6 is 11.6 Å². The molecule has 24 heavy (non-hydrogen) atoms. The van der Waals surface area contributed by atoms with Crippen LogP contribution in [0.1, 0.15) is 27.7 Å². The molecule has 1 amide bonds. The van der Waals surface area contributed by atoms with Crippen molar-refractivity contribution < 1.29 is 17.9 Å². The smallest absolute Gasteiger partial charge is 0.407 e. The van der Waals surface area contributed by atoms with E-state index in [4.69, 9.17) is 16.3 Å². The summed E-state index contributed by atoms with van der Waals surface area (Å²) in [6.45, 7) is 7.62. The normalized spacial score (nSPS) is 13.1. The minimum absolute atomic E-state index is 0.0812. The average molecular weight is 378 g/mol. The Morgan fingerprint density at radius 2 is 1.96 bits per heavy atom. The summed E-state index contributed by atoms with van der Waals surface area (Å²) in [6.07, 6.45) is 0.571. The predicted molar refractivity (Wildman–Crippen MR) is 97.2 cm³/mol. The first-order valence-electron chi connectivity index (χ1n) is 7.36. The molecule has 0 aromatic heterocycles. The van der Waals surface area contributed by atoms with Gasteiger partial charge in [-0.3, -0.25) is 4.72 Å². The molecule has 7 nitrogen and oxygen atoms in total. The molecule has 1 rings (SSSR count). The molecule has 0 fully saturated rings. The lowest BCUT2D eigenvalue weighted by Gasteiger charge is -2.21. The Bertz CT molecular complexity index is 686. The highest BCUT2D eigenvalue weighted by Crippen LogP contribution is 2.26. The molecule has 0 aliphatic carbocycles. The van der Waals surface area contributed by atoms with E-state index in [0.29, 0.717) is 17.9 Å². The molecule has 1 unspecified atom stereocenters. The molecule has 1 atom stereocenters. The first kappa shape index (κ1) is 20.4. The summed E-state index contributed by atoms with van der Waals surface area (Å²) in [5.41, 5.74) is 0.471. The fourth-order valence-electron chi connectivity index (χ4n) is 1.77. The van der Waals surface area contributed by atoms with Gasteiger partial charge in [0.25, 0.3) is 0 Å². The van der Waals surface area contributed by atoms with Gasteiger partial charge in [-0.2, -0.15) is 0 Å². The molecule has 0 aliphatic rings. The van der Waals surface area contributed by atoms with Crippen LogP contribution < -0.4 is 15.4 Å².